The van der Waals surface area contributed by atoms with E-state index in [2.05, 4.69) is 25.2 Å². The number of piperidine rings is 1. The number of hydrogen-bond donors (Lipinski definition) is 1. The van der Waals surface area contributed by atoms with Gasteiger partial charge in [0.2, 0.25) is 17.7 Å². The molecule has 0 atom stereocenters. The molecule has 3 heterocycles. The second-order valence-electron chi connectivity index (χ2n) is 12.1. The van der Waals surface area contributed by atoms with Gasteiger partial charge in [-0.3, -0.25) is 14.6 Å². The highest BCUT2D eigenvalue weighted by atomic mass is 19.4. The molecular formula is C35H43F3N6O4. The Balaban J connectivity index is 1.15. The maximum absolute atomic E-state index is 13.6. The standard InChI is InChI=1S/C35H43F3N6O4/c1-3-47-32-30(33(48-4-2)41-23-40-32)44(34(46)24-10-7-11-24)19-6-5-18-43-20-15-27(16-21-43)42-31(45)28-14-9-17-39-29(28)25-12-8-13-26(22-25)35(36,37)38/h8-9,12-14,17,22-24,27H,3-7,10-11,15-16,18-21H2,1-2H3,(H,42,45). The number of carbonyl (C=O) groups is 2. The number of ether oxygens (including phenoxy) is 2. The number of unbranched alkanes of at least 4 members (excludes halogenated alkanes) is 1. The summed E-state index contributed by atoms with van der Waals surface area (Å²) in [5, 5.41) is 3.07. The van der Waals surface area contributed by atoms with Crippen molar-refractivity contribution < 1.29 is 32.2 Å². The lowest BCUT2D eigenvalue weighted by Gasteiger charge is -2.34. The highest BCUT2D eigenvalue weighted by molar-refractivity contribution is 6.00. The van der Waals surface area contributed by atoms with Gasteiger partial charge in [0.15, 0.2) is 5.69 Å². The van der Waals surface area contributed by atoms with E-state index in [1.165, 1.54) is 24.7 Å². The molecule has 13 heteroatoms. The van der Waals surface area contributed by atoms with E-state index in [9.17, 15) is 22.8 Å². The largest absolute Gasteiger partial charge is 0.476 e. The Hall–Kier alpha value is -4.26. The van der Waals surface area contributed by atoms with E-state index in [4.69, 9.17) is 9.47 Å². The summed E-state index contributed by atoms with van der Waals surface area (Å²) in [5.41, 5.74) is 0.402. The first-order valence-corrected chi connectivity index (χ1v) is 16.8. The Morgan fingerprint density at radius 1 is 0.958 bits per heavy atom. The van der Waals surface area contributed by atoms with Gasteiger partial charge < -0.3 is 24.6 Å². The Morgan fingerprint density at radius 2 is 1.67 bits per heavy atom. The molecule has 2 aromatic heterocycles. The Kier molecular flexibility index (Phi) is 11.9. The summed E-state index contributed by atoms with van der Waals surface area (Å²) in [6.07, 6.45) is 4.27. The number of hydrogen-bond acceptors (Lipinski definition) is 8. The number of nitrogens with one attached hydrogen (secondary N) is 1. The van der Waals surface area contributed by atoms with Crippen LogP contribution in [0.3, 0.4) is 0 Å². The number of aromatic nitrogens is 3. The molecule has 0 spiro atoms. The molecule has 5 rings (SSSR count). The van der Waals surface area contributed by atoms with E-state index in [1.807, 2.05) is 13.8 Å². The van der Waals surface area contributed by atoms with Crippen molar-refractivity contribution in [1.82, 2.24) is 25.2 Å². The number of nitrogens with zero attached hydrogens (tertiary/aromatic N) is 5. The van der Waals surface area contributed by atoms with Crippen molar-refractivity contribution in [2.24, 2.45) is 5.92 Å². The van der Waals surface area contributed by atoms with Crippen LogP contribution in [0.25, 0.3) is 11.3 Å². The predicted octanol–water partition coefficient (Wildman–Crippen LogP) is 6.16. The van der Waals surface area contributed by atoms with E-state index in [0.717, 1.165) is 76.7 Å². The quantitative estimate of drug-likeness (QED) is 0.204. The summed E-state index contributed by atoms with van der Waals surface area (Å²) in [7, 11) is 0. The fourth-order valence-corrected chi connectivity index (χ4v) is 6.10. The summed E-state index contributed by atoms with van der Waals surface area (Å²) in [6, 6.07) is 7.99. The van der Waals surface area contributed by atoms with Gasteiger partial charge in [-0.05, 0) is 83.2 Å². The van der Waals surface area contributed by atoms with Crippen molar-refractivity contribution >= 4 is 17.5 Å². The zero-order valence-corrected chi connectivity index (χ0v) is 27.5. The fraction of sp³-hybridized carbons (Fsp3) is 0.514. The lowest BCUT2D eigenvalue weighted by atomic mass is 9.84. The summed E-state index contributed by atoms with van der Waals surface area (Å²) in [4.78, 5) is 43.8. The molecule has 1 aliphatic heterocycles. The van der Waals surface area contributed by atoms with Crippen LogP contribution in [0.5, 0.6) is 11.8 Å². The molecule has 0 bridgehead atoms. The first kappa shape index (κ1) is 35.1. The van der Waals surface area contributed by atoms with Crippen LogP contribution >= 0.6 is 0 Å². The van der Waals surface area contributed by atoms with Crippen LogP contribution in [0.2, 0.25) is 0 Å². The minimum atomic E-state index is -4.49. The van der Waals surface area contributed by atoms with Crippen LogP contribution < -0.4 is 19.7 Å². The molecule has 0 unspecified atom stereocenters. The van der Waals surface area contributed by atoms with Crippen molar-refractivity contribution in [3.05, 3.63) is 60.0 Å². The molecule has 10 nitrogen and oxygen atoms in total. The van der Waals surface area contributed by atoms with Gasteiger partial charge in [0.1, 0.15) is 6.33 Å². The van der Waals surface area contributed by atoms with E-state index < -0.39 is 11.7 Å². The maximum atomic E-state index is 13.6. The number of amides is 2. The molecule has 1 aliphatic carbocycles. The number of likely N-dealkylation sites (tertiary alicyclic amines) is 1. The van der Waals surface area contributed by atoms with Gasteiger partial charge in [0.25, 0.3) is 5.91 Å². The fourth-order valence-electron chi connectivity index (χ4n) is 6.10. The number of carbonyl (C=O) groups excluding carboxylic acids is 2. The van der Waals surface area contributed by atoms with Gasteiger partial charge in [-0.25, -0.2) is 0 Å². The van der Waals surface area contributed by atoms with Gasteiger partial charge in [-0.1, -0.05) is 18.6 Å². The Bertz CT molecular complexity index is 1520. The molecule has 1 N–H and O–H groups in total. The summed E-state index contributed by atoms with van der Waals surface area (Å²) in [6.45, 7) is 7.46. The minimum Gasteiger partial charge on any atom is -0.476 e. The number of rotatable bonds is 14. The molecule has 48 heavy (non-hydrogen) atoms. The lowest BCUT2D eigenvalue weighted by molar-refractivity contribution is -0.137. The third-order valence-corrected chi connectivity index (χ3v) is 8.85. The number of benzene rings is 1. The number of pyridine rings is 1. The van der Waals surface area contributed by atoms with Crippen molar-refractivity contribution in [3.8, 4) is 23.0 Å². The first-order valence-electron chi connectivity index (χ1n) is 16.8. The topological polar surface area (TPSA) is 110 Å². The van der Waals surface area contributed by atoms with Gasteiger partial charge in [0.05, 0.1) is 30.0 Å². The summed E-state index contributed by atoms with van der Waals surface area (Å²) < 4.78 is 51.5. The van der Waals surface area contributed by atoms with Crippen LogP contribution in [0, 0.1) is 5.92 Å². The second kappa shape index (κ2) is 16.2. The second-order valence-corrected chi connectivity index (χ2v) is 12.1. The number of anilines is 1. The molecule has 1 saturated heterocycles. The van der Waals surface area contributed by atoms with E-state index in [0.29, 0.717) is 37.2 Å². The Morgan fingerprint density at radius 3 is 2.29 bits per heavy atom. The van der Waals surface area contributed by atoms with Gasteiger partial charge in [-0.15, -0.1) is 0 Å². The van der Waals surface area contributed by atoms with Crippen LogP contribution in [-0.2, 0) is 11.0 Å². The van der Waals surface area contributed by atoms with Crippen LogP contribution in [-0.4, -0.2) is 77.1 Å². The molecule has 2 fully saturated rings. The third kappa shape index (κ3) is 8.60. The van der Waals surface area contributed by atoms with Crippen molar-refractivity contribution in [2.75, 3.05) is 44.3 Å². The highest BCUT2D eigenvalue weighted by Gasteiger charge is 2.34. The molecular weight excluding hydrogens is 625 g/mol. The van der Waals surface area contributed by atoms with E-state index >= 15 is 0 Å². The molecule has 1 saturated carbocycles. The average molecular weight is 669 g/mol. The average Bonchev–Trinajstić information content (AvgIpc) is 3.05. The van der Waals surface area contributed by atoms with Crippen molar-refractivity contribution in [1.29, 1.82) is 0 Å². The normalized spacial score (nSPS) is 15.9. The Labute approximate surface area is 279 Å². The van der Waals surface area contributed by atoms with Crippen LogP contribution in [0.1, 0.15) is 74.7 Å². The van der Waals surface area contributed by atoms with Gasteiger partial charge >= 0.3 is 6.18 Å². The monoisotopic (exact) mass is 668 g/mol. The van der Waals surface area contributed by atoms with Crippen molar-refractivity contribution in [3.63, 3.8) is 0 Å². The minimum absolute atomic E-state index is 0.0174. The molecule has 2 aliphatic rings. The van der Waals surface area contributed by atoms with E-state index in [1.54, 1.807) is 17.0 Å². The molecule has 0 radical (unpaired) electrons. The highest BCUT2D eigenvalue weighted by Crippen LogP contribution is 2.38. The SMILES string of the molecule is CCOc1ncnc(OCC)c1N(CCCCN1CCC(NC(=O)c2cccnc2-c2cccc(C(F)(F)F)c2)CC1)C(=O)C1CCC1. The van der Waals surface area contributed by atoms with Crippen molar-refractivity contribution in [2.45, 2.75) is 71.0 Å². The van der Waals surface area contributed by atoms with Crippen LogP contribution in [0.4, 0.5) is 18.9 Å². The van der Waals surface area contributed by atoms with Gasteiger partial charge in [-0.2, -0.15) is 23.1 Å². The lowest BCUT2D eigenvalue weighted by Crippen LogP contribution is -2.45. The molecule has 3 aromatic rings. The van der Waals surface area contributed by atoms with Gasteiger partial charge in [0, 0.05) is 43.4 Å². The number of halogens is 3. The first-order chi connectivity index (χ1) is 23.2. The molecule has 2 amide bonds. The zero-order chi connectivity index (χ0) is 34.1. The third-order valence-electron chi connectivity index (χ3n) is 8.85. The van der Waals surface area contributed by atoms with Crippen LogP contribution in [0.15, 0.2) is 48.9 Å². The number of alkyl halides is 3. The smallest absolute Gasteiger partial charge is 0.416 e. The zero-order valence-electron chi connectivity index (χ0n) is 27.5. The molecule has 1 aromatic carbocycles. The summed E-state index contributed by atoms with van der Waals surface area (Å²) >= 11 is 0. The predicted molar refractivity (Wildman–Crippen MR) is 175 cm³/mol. The summed E-state index contributed by atoms with van der Waals surface area (Å²) in [5.74, 6) is 0.380. The van der Waals surface area contributed by atoms with E-state index in [-0.39, 0.29) is 40.6 Å². The maximum Gasteiger partial charge on any atom is 0.416 e. The molecule has 258 valence electrons.